The zero-order valence-electron chi connectivity index (χ0n) is 10.1. The lowest BCUT2D eigenvalue weighted by atomic mass is 9.90. The van der Waals surface area contributed by atoms with Crippen molar-refractivity contribution < 1.29 is 9.84 Å². The van der Waals surface area contributed by atoms with Crippen molar-refractivity contribution in [1.29, 1.82) is 0 Å². The standard InChI is InChI=1S/C15H16O2S/c16-14(9-13-5-3-7-18-13)12-8-11-4-1-2-6-15(11)17-10-12/h1-7,12,14,16H,8-10H2. The highest BCUT2D eigenvalue weighted by Gasteiger charge is 2.26. The largest absolute Gasteiger partial charge is 0.493 e. The van der Waals surface area contributed by atoms with Gasteiger partial charge in [0, 0.05) is 17.2 Å². The third-order valence-corrected chi connectivity index (χ3v) is 4.34. The number of aliphatic hydroxyl groups excluding tert-OH is 1. The first kappa shape index (κ1) is 11.8. The van der Waals surface area contributed by atoms with E-state index in [1.807, 2.05) is 24.3 Å². The van der Waals surface area contributed by atoms with Gasteiger partial charge in [0.05, 0.1) is 12.7 Å². The molecule has 2 heterocycles. The van der Waals surface area contributed by atoms with E-state index in [1.165, 1.54) is 10.4 Å². The van der Waals surface area contributed by atoms with Crippen molar-refractivity contribution >= 4 is 11.3 Å². The molecule has 0 saturated heterocycles. The number of thiophene rings is 1. The molecular formula is C15H16O2S. The summed E-state index contributed by atoms with van der Waals surface area (Å²) in [7, 11) is 0. The Bertz CT molecular complexity index is 507. The van der Waals surface area contributed by atoms with Gasteiger partial charge in [0.2, 0.25) is 0 Å². The van der Waals surface area contributed by atoms with Crippen molar-refractivity contribution in [2.24, 2.45) is 5.92 Å². The Hall–Kier alpha value is -1.32. The summed E-state index contributed by atoms with van der Waals surface area (Å²) in [4.78, 5) is 1.24. The lowest BCUT2D eigenvalue weighted by Gasteiger charge is -2.28. The van der Waals surface area contributed by atoms with E-state index in [0.717, 1.165) is 18.6 Å². The lowest BCUT2D eigenvalue weighted by Crippen LogP contribution is -2.32. The quantitative estimate of drug-likeness (QED) is 0.919. The predicted octanol–water partition coefficient (Wildman–Crippen LogP) is 2.90. The van der Waals surface area contributed by atoms with Crippen molar-refractivity contribution in [2.45, 2.75) is 18.9 Å². The molecule has 18 heavy (non-hydrogen) atoms. The van der Waals surface area contributed by atoms with Crippen molar-refractivity contribution in [2.75, 3.05) is 6.61 Å². The van der Waals surface area contributed by atoms with Crippen LogP contribution in [0.25, 0.3) is 0 Å². The molecule has 2 aromatic rings. The van der Waals surface area contributed by atoms with E-state index in [1.54, 1.807) is 11.3 Å². The Kier molecular flexibility index (Phi) is 3.35. The Labute approximate surface area is 111 Å². The summed E-state index contributed by atoms with van der Waals surface area (Å²) in [5, 5.41) is 12.3. The van der Waals surface area contributed by atoms with Crippen molar-refractivity contribution in [3.8, 4) is 5.75 Å². The van der Waals surface area contributed by atoms with E-state index < -0.39 is 0 Å². The number of hydrogen-bond acceptors (Lipinski definition) is 3. The number of ether oxygens (including phenoxy) is 1. The average Bonchev–Trinajstić information content (AvgIpc) is 2.91. The molecule has 1 aliphatic rings. The maximum absolute atomic E-state index is 10.3. The fourth-order valence-corrected chi connectivity index (χ4v) is 3.16. The van der Waals surface area contributed by atoms with Crippen LogP contribution in [-0.2, 0) is 12.8 Å². The highest BCUT2D eigenvalue weighted by Crippen LogP contribution is 2.29. The van der Waals surface area contributed by atoms with Crippen LogP contribution in [0.1, 0.15) is 10.4 Å². The Morgan fingerprint density at radius 2 is 2.17 bits per heavy atom. The Morgan fingerprint density at radius 1 is 1.28 bits per heavy atom. The van der Waals surface area contributed by atoms with Crippen LogP contribution in [-0.4, -0.2) is 17.8 Å². The Balaban J connectivity index is 1.68. The molecule has 0 spiro atoms. The van der Waals surface area contributed by atoms with Crippen molar-refractivity contribution in [3.05, 3.63) is 52.2 Å². The third kappa shape index (κ3) is 2.42. The first-order chi connectivity index (χ1) is 8.83. The van der Waals surface area contributed by atoms with Crippen LogP contribution in [0.4, 0.5) is 0 Å². The molecular weight excluding hydrogens is 244 g/mol. The number of hydrogen-bond donors (Lipinski definition) is 1. The van der Waals surface area contributed by atoms with Crippen LogP contribution >= 0.6 is 11.3 Å². The van der Waals surface area contributed by atoms with Crippen LogP contribution in [0.2, 0.25) is 0 Å². The fourth-order valence-electron chi connectivity index (χ4n) is 2.40. The van der Waals surface area contributed by atoms with E-state index in [0.29, 0.717) is 6.61 Å². The lowest BCUT2D eigenvalue weighted by molar-refractivity contribution is 0.0658. The summed E-state index contributed by atoms with van der Waals surface area (Å²) >= 11 is 1.70. The summed E-state index contributed by atoms with van der Waals surface area (Å²) < 4.78 is 5.72. The first-order valence-electron chi connectivity index (χ1n) is 6.24. The van der Waals surface area contributed by atoms with Gasteiger partial charge in [-0.3, -0.25) is 0 Å². The number of rotatable bonds is 3. The number of fused-ring (bicyclic) bond motifs is 1. The third-order valence-electron chi connectivity index (χ3n) is 3.44. The molecule has 1 aromatic carbocycles. The normalized spacial score (nSPS) is 19.9. The van der Waals surface area contributed by atoms with Gasteiger partial charge in [-0.15, -0.1) is 11.3 Å². The predicted molar refractivity (Wildman–Crippen MR) is 73.2 cm³/mol. The van der Waals surface area contributed by atoms with Crippen molar-refractivity contribution in [3.63, 3.8) is 0 Å². The van der Waals surface area contributed by atoms with E-state index >= 15 is 0 Å². The van der Waals surface area contributed by atoms with E-state index in [4.69, 9.17) is 4.74 Å². The Morgan fingerprint density at radius 3 is 3.00 bits per heavy atom. The molecule has 1 N–H and O–H groups in total. The van der Waals surface area contributed by atoms with Gasteiger partial charge in [-0.1, -0.05) is 24.3 Å². The molecule has 0 bridgehead atoms. The van der Waals surface area contributed by atoms with E-state index in [9.17, 15) is 5.11 Å². The summed E-state index contributed by atoms with van der Waals surface area (Å²) in [5.74, 6) is 1.17. The SMILES string of the molecule is OC(Cc1cccs1)C1COc2ccccc2C1. The first-order valence-corrected chi connectivity index (χ1v) is 7.12. The average molecular weight is 260 g/mol. The maximum Gasteiger partial charge on any atom is 0.122 e. The minimum Gasteiger partial charge on any atom is -0.493 e. The zero-order chi connectivity index (χ0) is 12.4. The van der Waals surface area contributed by atoms with Crippen LogP contribution in [0.5, 0.6) is 5.75 Å². The minimum atomic E-state index is -0.322. The second-order valence-electron chi connectivity index (χ2n) is 4.73. The summed E-state index contributed by atoms with van der Waals surface area (Å²) in [6.45, 7) is 0.615. The van der Waals surface area contributed by atoms with E-state index in [-0.39, 0.29) is 12.0 Å². The van der Waals surface area contributed by atoms with Gasteiger partial charge in [0.1, 0.15) is 5.75 Å². The molecule has 0 fully saturated rings. The van der Waals surface area contributed by atoms with Crippen LogP contribution in [0, 0.1) is 5.92 Å². The summed E-state index contributed by atoms with van der Waals surface area (Å²) in [5.41, 5.74) is 1.21. The monoisotopic (exact) mass is 260 g/mol. The summed E-state index contributed by atoms with van der Waals surface area (Å²) in [6, 6.07) is 12.2. The summed E-state index contributed by atoms with van der Waals surface area (Å²) in [6.07, 6.45) is 1.31. The maximum atomic E-state index is 10.3. The molecule has 94 valence electrons. The van der Waals surface area contributed by atoms with Crippen LogP contribution in [0.3, 0.4) is 0 Å². The van der Waals surface area contributed by atoms with Crippen LogP contribution < -0.4 is 4.74 Å². The molecule has 3 heteroatoms. The van der Waals surface area contributed by atoms with Gasteiger partial charge in [-0.05, 0) is 29.5 Å². The highest BCUT2D eigenvalue weighted by molar-refractivity contribution is 7.09. The minimum absolute atomic E-state index is 0.196. The van der Waals surface area contributed by atoms with Gasteiger partial charge < -0.3 is 9.84 Å². The molecule has 0 radical (unpaired) electrons. The van der Waals surface area contributed by atoms with Crippen molar-refractivity contribution in [1.82, 2.24) is 0 Å². The van der Waals surface area contributed by atoms with Gasteiger partial charge >= 0.3 is 0 Å². The zero-order valence-corrected chi connectivity index (χ0v) is 10.9. The van der Waals surface area contributed by atoms with Gasteiger partial charge in [-0.2, -0.15) is 0 Å². The molecule has 1 aliphatic heterocycles. The number of benzene rings is 1. The molecule has 0 aliphatic carbocycles. The smallest absolute Gasteiger partial charge is 0.122 e. The molecule has 0 amide bonds. The molecule has 2 atom stereocenters. The van der Waals surface area contributed by atoms with E-state index in [2.05, 4.69) is 17.5 Å². The second-order valence-corrected chi connectivity index (χ2v) is 5.77. The number of aliphatic hydroxyl groups is 1. The number of para-hydroxylation sites is 1. The fraction of sp³-hybridized carbons (Fsp3) is 0.333. The molecule has 1 aromatic heterocycles. The molecule has 3 rings (SSSR count). The van der Waals surface area contributed by atoms with Crippen LogP contribution in [0.15, 0.2) is 41.8 Å². The molecule has 2 nitrogen and oxygen atoms in total. The second kappa shape index (κ2) is 5.12. The topological polar surface area (TPSA) is 29.5 Å². The van der Waals surface area contributed by atoms with Gasteiger partial charge in [0.15, 0.2) is 0 Å². The van der Waals surface area contributed by atoms with Gasteiger partial charge in [0.25, 0.3) is 0 Å². The highest BCUT2D eigenvalue weighted by atomic mass is 32.1. The molecule has 0 saturated carbocycles. The molecule has 2 unspecified atom stereocenters. The van der Waals surface area contributed by atoms with Gasteiger partial charge in [-0.25, -0.2) is 0 Å².